The number of nitrogens with two attached hydrogens (primary N) is 1. The van der Waals surface area contributed by atoms with Gasteiger partial charge in [-0.25, -0.2) is 21.6 Å². The summed E-state index contributed by atoms with van der Waals surface area (Å²) in [6, 6.07) is 4.56. The minimum atomic E-state index is -4.23. The van der Waals surface area contributed by atoms with Crippen LogP contribution in [0.2, 0.25) is 0 Å². The highest BCUT2D eigenvalue weighted by Gasteiger charge is 2.20. The Morgan fingerprint density at radius 1 is 1.10 bits per heavy atom. The fourth-order valence-electron chi connectivity index (χ4n) is 1.52. The largest absolute Gasteiger partial charge is 0.398 e. The minimum absolute atomic E-state index is 0.142. The quantitative estimate of drug-likeness (QED) is 0.634. The maximum Gasteiger partial charge on any atom is 0.262 e. The number of nitrogens with one attached hydrogen (secondary N) is 1. The fourth-order valence-corrected chi connectivity index (χ4v) is 2.85. The van der Waals surface area contributed by atoms with Gasteiger partial charge in [0.05, 0.1) is 10.6 Å². The molecule has 3 N–H and O–H groups in total. The second-order valence-electron chi connectivity index (χ2n) is 4.04. The molecule has 0 saturated carbocycles. The molecular formula is C12H8BrF3N2O2S. The third-order valence-corrected chi connectivity index (χ3v) is 4.60. The van der Waals surface area contributed by atoms with Gasteiger partial charge in [-0.2, -0.15) is 0 Å². The number of hydrogen-bond acceptors (Lipinski definition) is 3. The van der Waals surface area contributed by atoms with E-state index in [1.54, 1.807) is 4.72 Å². The van der Waals surface area contributed by atoms with Gasteiger partial charge in [0.15, 0.2) is 11.6 Å². The molecule has 2 rings (SSSR count). The van der Waals surface area contributed by atoms with Crippen molar-refractivity contribution in [2.45, 2.75) is 4.90 Å². The van der Waals surface area contributed by atoms with Crippen LogP contribution in [0.25, 0.3) is 0 Å². The van der Waals surface area contributed by atoms with E-state index in [9.17, 15) is 21.6 Å². The average Bonchev–Trinajstić information content (AvgIpc) is 2.38. The van der Waals surface area contributed by atoms with Gasteiger partial charge in [0, 0.05) is 22.3 Å². The molecule has 0 amide bonds. The van der Waals surface area contributed by atoms with E-state index in [-0.39, 0.29) is 10.6 Å². The van der Waals surface area contributed by atoms with Gasteiger partial charge in [-0.15, -0.1) is 0 Å². The number of sulfonamides is 1. The topological polar surface area (TPSA) is 72.2 Å². The molecule has 0 radical (unpaired) electrons. The maximum atomic E-state index is 13.5. The standard InChI is InChI=1S/C12H8BrF3N2O2S/c13-8-2-1-7(5-10(8)17)21(19,20)18-11-4-6(14)3-9(15)12(11)16/h1-5,18H,17H2. The maximum absolute atomic E-state index is 13.5. The summed E-state index contributed by atoms with van der Waals surface area (Å²) >= 11 is 3.09. The number of nitrogen functional groups attached to an aromatic ring is 1. The molecule has 21 heavy (non-hydrogen) atoms. The van der Waals surface area contributed by atoms with Crippen LogP contribution in [0.1, 0.15) is 0 Å². The van der Waals surface area contributed by atoms with E-state index in [4.69, 9.17) is 5.73 Å². The van der Waals surface area contributed by atoms with Crippen LogP contribution in [0.4, 0.5) is 24.5 Å². The van der Waals surface area contributed by atoms with Crippen LogP contribution in [0, 0.1) is 17.5 Å². The Hall–Kier alpha value is -1.74. The molecule has 2 aromatic carbocycles. The van der Waals surface area contributed by atoms with Gasteiger partial charge in [-0.3, -0.25) is 4.72 Å². The molecule has 0 aliphatic carbocycles. The smallest absolute Gasteiger partial charge is 0.262 e. The van der Waals surface area contributed by atoms with Gasteiger partial charge >= 0.3 is 0 Å². The van der Waals surface area contributed by atoms with E-state index in [1.165, 1.54) is 12.1 Å². The van der Waals surface area contributed by atoms with E-state index in [1.807, 2.05) is 0 Å². The summed E-state index contributed by atoms with van der Waals surface area (Å²) in [5, 5.41) is 0. The first kappa shape index (κ1) is 15.6. The van der Waals surface area contributed by atoms with Crippen molar-refractivity contribution in [3.05, 3.63) is 52.3 Å². The number of hydrogen-bond donors (Lipinski definition) is 2. The lowest BCUT2D eigenvalue weighted by Crippen LogP contribution is -2.15. The molecule has 0 unspecified atom stereocenters. The highest BCUT2D eigenvalue weighted by atomic mass is 79.9. The fraction of sp³-hybridized carbons (Fsp3) is 0. The Morgan fingerprint density at radius 2 is 1.76 bits per heavy atom. The van der Waals surface area contributed by atoms with Gasteiger partial charge in [0.1, 0.15) is 5.82 Å². The zero-order valence-electron chi connectivity index (χ0n) is 10.2. The number of halogens is 4. The first-order chi connectivity index (χ1) is 9.70. The van der Waals surface area contributed by atoms with Crippen LogP contribution in [-0.2, 0) is 10.0 Å². The third-order valence-electron chi connectivity index (χ3n) is 2.52. The second kappa shape index (κ2) is 5.57. The van der Waals surface area contributed by atoms with Gasteiger partial charge < -0.3 is 5.73 Å². The highest BCUT2D eigenvalue weighted by molar-refractivity contribution is 9.10. The molecule has 112 valence electrons. The molecule has 0 fully saturated rings. The van der Waals surface area contributed by atoms with Crippen molar-refractivity contribution in [3.63, 3.8) is 0 Å². The van der Waals surface area contributed by atoms with Crippen LogP contribution < -0.4 is 10.5 Å². The summed E-state index contributed by atoms with van der Waals surface area (Å²) < 4.78 is 65.9. The Morgan fingerprint density at radius 3 is 2.38 bits per heavy atom. The van der Waals surface area contributed by atoms with E-state index >= 15 is 0 Å². The van der Waals surface area contributed by atoms with Crippen molar-refractivity contribution in [1.82, 2.24) is 0 Å². The van der Waals surface area contributed by atoms with E-state index in [2.05, 4.69) is 15.9 Å². The zero-order chi connectivity index (χ0) is 15.8. The van der Waals surface area contributed by atoms with E-state index in [0.717, 1.165) is 6.07 Å². The first-order valence-corrected chi connectivity index (χ1v) is 7.71. The van der Waals surface area contributed by atoms with Gasteiger partial charge in [0.25, 0.3) is 10.0 Å². The monoisotopic (exact) mass is 380 g/mol. The minimum Gasteiger partial charge on any atom is -0.398 e. The number of rotatable bonds is 3. The van der Waals surface area contributed by atoms with Gasteiger partial charge in [-0.1, -0.05) is 0 Å². The van der Waals surface area contributed by atoms with Crippen molar-refractivity contribution >= 4 is 37.3 Å². The molecule has 0 aromatic heterocycles. The average molecular weight is 381 g/mol. The van der Waals surface area contributed by atoms with E-state index in [0.29, 0.717) is 16.6 Å². The van der Waals surface area contributed by atoms with Crippen LogP contribution in [0.3, 0.4) is 0 Å². The predicted octanol–water partition coefficient (Wildman–Crippen LogP) is 3.25. The molecule has 0 spiro atoms. The molecule has 9 heteroatoms. The molecule has 0 bridgehead atoms. The molecule has 0 heterocycles. The molecular weight excluding hydrogens is 373 g/mol. The third kappa shape index (κ3) is 3.30. The first-order valence-electron chi connectivity index (χ1n) is 5.43. The van der Waals surface area contributed by atoms with Crippen LogP contribution in [0.15, 0.2) is 39.7 Å². The zero-order valence-corrected chi connectivity index (χ0v) is 12.6. The van der Waals surface area contributed by atoms with Gasteiger partial charge in [0.2, 0.25) is 0 Å². The normalized spacial score (nSPS) is 11.4. The van der Waals surface area contributed by atoms with Crippen LogP contribution in [-0.4, -0.2) is 8.42 Å². The molecule has 4 nitrogen and oxygen atoms in total. The lowest BCUT2D eigenvalue weighted by atomic mass is 10.3. The summed E-state index contributed by atoms with van der Waals surface area (Å²) in [4.78, 5) is -0.271. The van der Waals surface area contributed by atoms with Crippen molar-refractivity contribution in [1.29, 1.82) is 0 Å². The van der Waals surface area contributed by atoms with Crippen molar-refractivity contribution < 1.29 is 21.6 Å². The summed E-state index contributed by atoms with van der Waals surface area (Å²) in [6.45, 7) is 0. The Kier molecular flexibility index (Phi) is 4.15. The molecule has 0 aliphatic rings. The molecule has 2 aromatic rings. The summed E-state index contributed by atoms with van der Waals surface area (Å²) in [5.74, 6) is -4.10. The Bertz CT molecular complexity index is 812. The van der Waals surface area contributed by atoms with Crippen LogP contribution >= 0.6 is 15.9 Å². The number of anilines is 2. The second-order valence-corrected chi connectivity index (χ2v) is 6.57. The predicted molar refractivity (Wildman–Crippen MR) is 75.7 cm³/mol. The molecule has 0 aliphatic heterocycles. The highest BCUT2D eigenvalue weighted by Crippen LogP contribution is 2.26. The lowest BCUT2D eigenvalue weighted by molar-refractivity contribution is 0.498. The summed E-state index contributed by atoms with van der Waals surface area (Å²) in [5.41, 5.74) is 4.87. The summed E-state index contributed by atoms with van der Waals surface area (Å²) in [7, 11) is -4.23. The number of benzene rings is 2. The van der Waals surface area contributed by atoms with Crippen molar-refractivity contribution in [3.8, 4) is 0 Å². The lowest BCUT2D eigenvalue weighted by Gasteiger charge is -2.10. The van der Waals surface area contributed by atoms with E-state index < -0.39 is 33.2 Å². The van der Waals surface area contributed by atoms with Crippen molar-refractivity contribution in [2.75, 3.05) is 10.5 Å². The van der Waals surface area contributed by atoms with Crippen LogP contribution in [0.5, 0.6) is 0 Å². The molecule has 0 saturated heterocycles. The Balaban J connectivity index is 2.44. The SMILES string of the molecule is Nc1cc(S(=O)(=O)Nc2cc(F)cc(F)c2F)ccc1Br. The molecule has 0 atom stereocenters. The van der Waals surface area contributed by atoms with Gasteiger partial charge in [-0.05, 0) is 34.1 Å². The van der Waals surface area contributed by atoms with Crippen molar-refractivity contribution in [2.24, 2.45) is 0 Å². The Labute approximate surface area is 127 Å². The summed E-state index contributed by atoms with van der Waals surface area (Å²) in [6.07, 6.45) is 0.